The second-order valence-electron chi connectivity index (χ2n) is 3.28. The van der Waals surface area contributed by atoms with Crippen LogP contribution in [0.5, 0.6) is 0 Å². The summed E-state index contributed by atoms with van der Waals surface area (Å²) in [4.78, 5) is 0. The number of rotatable bonds is 5. The Morgan fingerprint density at radius 1 is 1.36 bits per heavy atom. The van der Waals surface area contributed by atoms with Gasteiger partial charge in [-0.3, -0.25) is 0 Å². The fraction of sp³-hybridized carbons (Fsp3) is 0.600. The standard InChI is InChI=1S/C10H16ClN3/c1-3-5-8(4-2)12-10-7-6-9(11)13-14-10/h6-8H,3-5H2,1-2H3,(H,12,14). The molecule has 0 spiro atoms. The van der Waals surface area contributed by atoms with Gasteiger partial charge in [0.25, 0.3) is 0 Å². The van der Waals surface area contributed by atoms with Gasteiger partial charge in [0.15, 0.2) is 5.15 Å². The van der Waals surface area contributed by atoms with Crippen molar-refractivity contribution in [3.05, 3.63) is 17.3 Å². The van der Waals surface area contributed by atoms with E-state index in [4.69, 9.17) is 11.6 Å². The van der Waals surface area contributed by atoms with Crippen molar-refractivity contribution in [1.82, 2.24) is 10.2 Å². The first-order valence-electron chi connectivity index (χ1n) is 5.02. The Labute approximate surface area is 89.9 Å². The molecule has 0 saturated heterocycles. The predicted molar refractivity (Wildman–Crippen MR) is 59.7 cm³/mol. The highest BCUT2D eigenvalue weighted by Crippen LogP contribution is 2.11. The van der Waals surface area contributed by atoms with Gasteiger partial charge >= 0.3 is 0 Å². The largest absolute Gasteiger partial charge is 0.366 e. The molecule has 1 aromatic rings. The fourth-order valence-electron chi connectivity index (χ4n) is 1.33. The van der Waals surface area contributed by atoms with Crippen molar-refractivity contribution in [3.63, 3.8) is 0 Å². The molecule has 0 aliphatic rings. The third kappa shape index (κ3) is 3.50. The molecule has 1 heterocycles. The summed E-state index contributed by atoms with van der Waals surface area (Å²) in [6.45, 7) is 4.34. The van der Waals surface area contributed by atoms with E-state index in [-0.39, 0.29) is 0 Å². The molecule has 4 heteroatoms. The van der Waals surface area contributed by atoms with Crippen molar-refractivity contribution in [2.75, 3.05) is 5.32 Å². The van der Waals surface area contributed by atoms with Gasteiger partial charge in [-0.25, -0.2) is 0 Å². The van der Waals surface area contributed by atoms with Gasteiger partial charge in [0.1, 0.15) is 5.82 Å². The van der Waals surface area contributed by atoms with Crippen molar-refractivity contribution >= 4 is 17.4 Å². The summed E-state index contributed by atoms with van der Waals surface area (Å²) in [5.41, 5.74) is 0. The average Bonchev–Trinajstić information content (AvgIpc) is 2.20. The molecule has 14 heavy (non-hydrogen) atoms. The van der Waals surface area contributed by atoms with Crippen molar-refractivity contribution in [3.8, 4) is 0 Å². The van der Waals surface area contributed by atoms with Crippen LogP contribution in [0.2, 0.25) is 5.15 Å². The molecule has 0 fully saturated rings. The number of hydrogen-bond donors (Lipinski definition) is 1. The lowest BCUT2D eigenvalue weighted by atomic mass is 10.1. The smallest absolute Gasteiger partial charge is 0.151 e. The van der Waals surface area contributed by atoms with Gasteiger partial charge in [-0.2, -0.15) is 0 Å². The lowest BCUT2D eigenvalue weighted by Crippen LogP contribution is -2.18. The minimum atomic E-state index is 0.430. The Balaban J connectivity index is 2.53. The van der Waals surface area contributed by atoms with E-state index in [0.29, 0.717) is 11.2 Å². The van der Waals surface area contributed by atoms with Crippen LogP contribution in [0.15, 0.2) is 12.1 Å². The molecule has 0 aliphatic heterocycles. The van der Waals surface area contributed by atoms with Crippen LogP contribution in [-0.2, 0) is 0 Å². The number of nitrogens with zero attached hydrogens (tertiary/aromatic N) is 2. The zero-order valence-corrected chi connectivity index (χ0v) is 9.38. The summed E-state index contributed by atoms with van der Waals surface area (Å²) < 4.78 is 0. The lowest BCUT2D eigenvalue weighted by Gasteiger charge is -2.15. The van der Waals surface area contributed by atoms with Crippen LogP contribution in [0.3, 0.4) is 0 Å². The molecule has 0 amide bonds. The summed E-state index contributed by atoms with van der Waals surface area (Å²) in [5, 5.41) is 11.5. The number of aromatic nitrogens is 2. The minimum absolute atomic E-state index is 0.430. The number of hydrogen-bond acceptors (Lipinski definition) is 3. The van der Waals surface area contributed by atoms with E-state index in [1.165, 1.54) is 6.42 Å². The lowest BCUT2D eigenvalue weighted by molar-refractivity contribution is 0.619. The topological polar surface area (TPSA) is 37.8 Å². The van der Waals surface area contributed by atoms with Crippen LogP contribution in [0, 0.1) is 0 Å². The molecule has 3 nitrogen and oxygen atoms in total. The Kier molecular flexibility index (Phi) is 4.66. The van der Waals surface area contributed by atoms with E-state index in [1.807, 2.05) is 6.07 Å². The van der Waals surface area contributed by atoms with Gasteiger partial charge in [-0.1, -0.05) is 31.9 Å². The van der Waals surface area contributed by atoms with Gasteiger partial charge in [-0.05, 0) is 25.0 Å². The average molecular weight is 214 g/mol. The normalized spacial score (nSPS) is 12.5. The number of anilines is 1. The van der Waals surface area contributed by atoms with Crippen LogP contribution in [0.25, 0.3) is 0 Å². The van der Waals surface area contributed by atoms with Crippen LogP contribution < -0.4 is 5.32 Å². The van der Waals surface area contributed by atoms with Crippen molar-refractivity contribution in [2.45, 2.75) is 39.2 Å². The van der Waals surface area contributed by atoms with E-state index in [0.717, 1.165) is 18.7 Å². The van der Waals surface area contributed by atoms with Crippen LogP contribution in [0.4, 0.5) is 5.82 Å². The Morgan fingerprint density at radius 3 is 2.64 bits per heavy atom. The first kappa shape index (κ1) is 11.2. The molecule has 78 valence electrons. The molecule has 0 radical (unpaired) electrons. The fourth-order valence-corrected chi connectivity index (χ4v) is 1.43. The molecule has 0 saturated carbocycles. The third-order valence-electron chi connectivity index (χ3n) is 2.11. The van der Waals surface area contributed by atoms with Gasteiger partial charge in [0, 0.05) is 6.04 Å². The molecule has 1 unspecified atom stereocenters. The maximum absolute atomic E-state index is 5.64. The Morgan fingerprint density at radius 2 is 2.14 bits per heavy atom. The van der Waals surface area contributed by atoms with Gasteiger partial charge < -0.3 is 5.32 Å². The second-order valence-corrected chi connectivity index (χ2v) is 3.67. The SMILES string of the molecule is CCCC(CC)Nc1ccc(Cl)nn1. The van der Waals surface area contributed by atoms with E-state index in [2.05, 4.69) is 29.4 Å². The number of halogens is 1. The monoisotopic (exact) mass is 213 g/mol. The molecular formula is C10H16ClN3. The van der Waals surface area contributed by atoms with Crippen molar-refractivity contribution in [1.29, 1.82) is 0 Å². The molecule has 0 bridgehead atoms. The summed E-state index contributed by atoms with van der Waals surface area (Å²) in [6, 6.07) is 4.08. The Hall–Kier alpha value is -0.830. The Bertz CT molecular complexity index is 261. The van der Waals surface area contributed by atoms with Gasteiger partial charge in [0.2, 0.25) is 0 Å². The number of nitrogens with one attached hydrogen (secondary N) is 1. The maximum Gasteiger partial charge on any atom is 0.151 e. The highest BCUT2D eigenvalue weighted by Gasteiger charge is 2.05. The third-order valence-corrected chi connectivity index (χ3v) is 2.32. The molecular weight excluding hydrogens is 198 g/mol. The summed E-state index contributed by atoms with van der Waals surface area (Å²) in [7, 11) is 0. The molecule has 1 atom stereocenters. The van der Waals surface area contributed by atoms with Crippen molar-refractivity contribution in [2.24, 2.45) is 0 Å². The van der Waals surface area contributed by atoms with E-state index >= 15 is 0 Å². The highest BCUT2D eigenvalue weighted by atomic mass is 35.5. The van der Waals surface area contributed by atoms with E-state index in [9.17, 15) is 0 Å². The van der Waals surface area contributed by atoms with Crippen LogP contribution in [-0.4, -0.2) is 16.2 Å². The quantitative estimate of drug-likeness (QED) is 0.817. The molecule has 1 aromatic heterocycles. The van der Waals surface area contributed by atoms with Crippen LogP contribution >= 0.6 is 11.6 Å². The summed E-state index contributed by atoms with van der Waals surface area (Å²) >= 11 is 5.64. The van der Waals surface area contributed by atoms with Crippen LogP contribution in [0.1, 0.15) is 33.1 Å². The first-order chi connectivity index (χ1) is 6.76. The summed E-state index contributed by atoms with van der Waals surface area (Å²) in [6.07, 6.45) is 3.42. The predicted octanol–water partition coefficient (Wildman–Crippen LogP) is 3.12. The van der Waals surface area contributed by atoms with Gasteiger partial charge in [-0.15, -0.1) is 10.2 Å². The zero-order valence-electron chi connectivity index (χ0n) is 8.63. The molecule has 0 aliphatic carbocycles. The zero-order chi connectivity index (χ0) is 10.4. The second kappa shape index (κ2) is 5.81. The van der Waals surface area contributed by atoms with E-state index in [1.54, 1.807) is 6.07 Å². The molecule has 1 rings (SSSR count). The first-order valence-corrected chi connectivity index (χ1v) is 5.39. The molecule has 0 aromatic carbocycles. The highest BCUT2D eigenvalue weighted by molar-refractivity contribution is 6.29. The summed E-state index contributed by atoms with van der Waals surface area (Å²) in [5.74, 6) is 0.801. The van der Waals surface area contributed by atoms with E-state index < -0.39 is 0 Å². The van der Waals surface area contributed by atoms with Crippen molar-refractivity contribution < 1.29 is 0 Å². The molecule has 1 N–H and O–H groups in total. The maximum atomic E-state index is 5.64. The minimum Gasteiger partial charge on any atom is -0.366 e. The van der Waals surface area contributed by atoms with Gasteiger partial charge in [0.05, 0.1) is 0 Å².